The summed E-state index contributed by atoms with van der Waals surface area (Å²) < 4.78 is 32.9. The van der Waals surface area contributed by atoms with Gasteiger partial charge in [-0.05, 0) is 59.6 Å². The second kappa shape index (κ2) is 10.3. The fraction of sp³-hybridized carbons (Fsp3) is 0.414. The summed E-state index contributed by atoms with van der Waals surface area (Å²) >= 11 is 0. The molecule has 0 unspecified atom stereocenters. The molecule has 212 valence electrons. The number of aromatic nitrogens is 4. The van der Waals surface area contributed by atoms with E-state index in [1.54, 1.807) is 30.9 Å². The van der Waals surface area contributed by atoms with E-state index in [0.29, 0.717) is 29.8 Å². The first kappa shape index (κ1) is 27.7. The van der Waals surface area contributed by atoms with Crippen molar-refractivity contribution in [2.75, 3.05) is 18.8 Å². The summed E-state index contributed by atoms with van der Waals surface area (Å²) in [5.74, 6) is 0.894. The first-order chi connectivity index (χ1) is 18.8. The highest BCUT2D eigenvalue weighted by Gasteiger charge is 2.30. The van der Waals surface area contributed by atoms with Crippen LogP contribution in [0.15, 0.2) is 48.5 Å². The zero-order valence-electron chi connectivity index (χ0n) is 23.5. The molecule has 1 amide bonds. The summed E-state index contributed by atoms with van der Waals surface area (Å²) in [5.41, 5.74) is 9.71. The number of hydrogen-bond acceptors (Lipinski definition) is 7. The zero-order valence-corrected chi connectivity index (χ0v) is 24.3. The van der Waals surface area contributed by atoms with Crippen molar-refractivity contribution in [1.29, 1.82) is 0 Å². The number of carbonyl (C=O) groups is 1. The van der Waals surface area contributed by atoms with E-state index in [0.717, 1.165) is 39.5 Å². The second-order valence-corrected chi connectivity index (χ2v) is 13.8. The Kier molecular flexibility index (Phi) is 7.11. The van der Waals surface area contributed by atoms with E-state index in [-0.39, 0.29) is 18.0 Å². The minimum absolute atomic E-state index is 0.0661. The van der Waals surface area contributed by atoms with Gasteiger partial charge in [0, 0.05) is 30.1 Å². The van der Waals surface area contributed by atoms with Crippen molar-refractivity contribution >= 4 is 33.1 Å². The molecule has 1 aliphatic heterocycles. The Balaban J connectivity index is 1.53. The molecule has 11 heteroatoms. The zero-order chi connectivity index (χ0) is 28.8. The Labute approximate surface area is 234 Å². The number of anilines is 1. The number of nitrogens with zero attached hydrogens (tertiary/aromatic N) is 4. The maximum Gasteiger partial charge on any atom is 0.410 e. The predicted molar refractivity (Wildman–Crippen MR) is 156 cm³/mol. The molecule has 1 aliphatic rings. The molecule has 0 spiro atoms. The van der Waals surface area contributed by atoms with Crippen molar-refractivity contribution in [3.05, 3.63) is 54.4 Å². The van der Waals surface area contributed by atoms with Gasteiger partial charge in [-0.3, -0.25) is 0 Å². The Morgan fingerprint density at radius 1 is 1.05 bits per heavy atom. The van der Waals surface area contributed by atoms with E-state index < -0.39 is 20.9 Å². The van der Waals surface area contributed by atoms with E-state index in [4.69, 9.17) is 15.5 Å². The molecule has 0 bridgehead atoms. The first-order valence-corrected chi connectivity index (χ1v) is 15.0. The summed E-state index contributed by atoms with van der Waals surface area (Å²) in [7, 11) is -3.73. The van der Waals surface area contributed by atoms with Crippen LogP contribution < -0.4 is 5.73 Å². The molecule has 1 fully saturated rings. The fourth-order valence-electron chi connectivity index (χ4n) is 4.97. The van der Waals surface area contributed by atoms with E-state index in [2.05, 4.69) is 9.97 Å². The van der Waals surface area contributed by atoms with Gasteiger partial charge in [0.15, 0.2) is 0 Å². The maximum atomic E-state index is 13.1. The summed E-state index contributed by atoms with van der Waals surface area (Å²) in [6.45, 7) is 9.98. The number of amides is 1. The highest BCUT2D eigenvalue weighted by molar-refractivity contribution is 7.90. The number of fused-ring (bicyclic) bond motifs is 1. The lowest BCUT2D eigenvalue weighted by atomic mass is 9.96. The van der Waals surface area contributed by atoms with Gasteiger partial charge >= 0.3 is 6.09 Å². The van der Waals surface area contributed by atoms with Crippen molar-refractivity contribution in [2.24, 2.45) is 0 Å². The molecule has 4 aromatic rings. The van der Waals surface area contributed by atoms with Crippen LogP contribution in [0.25, 0.3) is 33.5 Å². The van der Waals surface area contributed by atoms with Gasteiger partial charge in [0.2, 0.25) is 16.0 Å². The number of aromatic amines is 1. The largest absolute Gasteiger partial charge is 0.444 e. The lowest BCUT2D eigenvalue weighted by molar-refractivity contribution is 0.0203. The van der Waals surface area contributed by atoms with Gasteiger partial charge in [-0.15, -0.1) is 0 Å². The molecular formula is C29H36N6O4S. The van der Waals surface area contributed by atoms with Gasteiger partial charge in [0.05, 0.1) is 27.7 Å². The van der Waals surface area contributed by atoms with Gasteiger partial charge in [-0.1, -0.05) is 36.4 Å². The van der Waals surface area contributed by atoms with Crippen LogP contribution in [0.4, 0.5) is 10.7 Å². The van der Waals surface area contributed by atoms with Crippen molar-refractivity contribution in [3.63, 3.8) is 0 Å². The molecule has 1 saturated heterocycles. The van der Waals surface area contributed by atoms with E-state index in [1.807, 2.05) is 57.2 Å². The van der Waals surface area contributed by atoms with Crippen LogP contribution in [0, 0.1) is 0 Å². The van der Waals surface area contributed by atoms with E-state index >= 15 is 0 Å². The third-order valence-electron chi connectivity index (χ3n) is 7.08. The quantitative estimate of drug-likeness (QED) is 0.332. The number of ether oxygens (including phenoxy) is 1. The van der Waals surface area contributed by atoms with Crippen LogP contribution >= 0.6 is 0 Å². The SMILES string of the molecule is CC(C)S(=O)(=O)n1c(N)nc2ccc(-c3nc(C4CCN(C(=O)OC(C)(C)C)CC4)[nH]c3-c3ccccc3)cc21. The number of carbonyl (C=O) groups excluding carboxylic acids is 1. The smallest absolute Gasteiger partial charge is 0.410 e. The molecule has 0 saturated carbocycles. The van der Waals surface area contributed by atoms with Crippen LogP contribution in [0.1, 0.15) is 59.2 Å². The molecule has 10 nitrogen and oxygen atoms in total. The predicted octanol–water partition coefficient (Wildman–Crippen LogP) is 5.38. The number of piperidine rings is 1. The number of H-pyrrole nitrogens is 1. The van der Waals surface area contributed by atoms with Crippen molar-refractivity contribution in [2.45, 2.75) is 64.2 Å². The van der Waals surface area contributed by atoms with Gasteiger partial charge in [-0.2, -0.15) is 0 Å². The Hall–Kier alpha value is -3.86. The summed E-state index contributed by atoms with van der Waals surface area (Å²) in [4.78, 5) is 27.2. The number of rotatable bonds is 5. The number of nitrogens with one attached hydrogen (secondary N) is 1. The van der Waals surface area contributed by atoms with E-state index in [9.17, 15) is 13.2 Å². The lowest BCUT2D eigenvalue weighted by Crippen LogP contribution is -2.41. The maximum absolute atomic E-state index is 13.1. The third kappa shape index (κ3) is 5.30. The van der Waals surface area contributed by atoms with Crippen LogP contribution in [-0.4, -0.2) is 62.3 Å². The molecule has 0 radical (unpaired) electrons. The van der Waals surface area contributed by atoms with Gasteiger partial charge < -0.3 is 20.4 Å². The van der Waals surface area contributed by atoms with Crippen molar-refractivity contribution < 1.29 is 17.9 Å². The number of imidazole rings is 2. The summed E-state index contributed by atoms with van der Waals surface area (Å²) in [5, 5.41) is -0.667. The average molecular weight is 565 g/mol. The first-order valence-electron chi connectivity index (χ1n) is 13.5. The summed E-state index contributed by atoms with van der Waals surface area (Å²) in [6.07, 6.45) is 1.20. The van der Waals surface area contributed by atoms with Crippen molar-refractivity contribution in [1.82, 2.24) is 23.8 Å². The molecule has 2 aromatic heterocycles. The van der Waals surface area contributed by atoms with Gasteiger partial charge in [0.25, 0.3) is 0 Å². The number of hydrogen-bond donors (Lipinski definition) is 2. The second-order valence-electron chi connectivity index (χ2n) is 11.5. The van der Waals surface area contributed by atoms with Gasteiger partial charge in [-0.25, -0.2) is 27.2 Å². The fourth-order valence-corrected chi connectivity index (χ4v) is 6.11. The van der Waals surface area contributed by atoms with Crippen LogP contribution in [0.5, 0.6) is 0 Å². The number of nitrogens with two attached hydrogens (primary N) is 1. The number of nitrogen functional groups attached to an aromatic ring is 1. The molecule has 5 rings (SSSR count). The number of benzene rings is 2. The molecule has 3 heterocycles. The highest BCUT2D eigenvalue weighted by atomic mass is 32.2. The highest BCUT2D eigenvalue weighted by Crippen LogP contribution is 2.36. The van der Waals surface area contributed by atoms with Gasteiger partial charge in [0.1, 0.15) is 11.4 Å². The monoisotopic (exact) mass is 564 g/mol. The minimum Gasteiger partial charge on any atom is -0.444 e. The van der Waals surface area contributed by atoms with E-state index in [1.165, 1.54) is 0 Å². The Morgan fingerprint density at radius 2 is 1.73 bits per heavy atom. The molecule has 2 aromatic carbocycles. The normalized spacial score (nSPS) is 15.2. The van der Waals surface area contributed by atoms with Crippen molar-refractivity contribution in [3.8, 4) is 22.5 Å². The molecular weight excluding hydrogens is 528 g/mol. The Bertz CT molecular complexity index is 1640. The Morgan fingerprint density at radius 3 is 2.35 bits per heavy atom. The molecule has 3 N–H and O–H groups in total. The topological polar surface area (TPSA) is 136 Å². The van der Waals surface area contributed by atoms with Crippen LogP contribution in [0.3, 0.4) is 0 Å². The number of likely N-dealkylation sites (tertiary alicyclic amines) is 1. The minimum atomic E-state index is -3.73. The molecule has 40 heavy (non-hydrogen) atoms. The standard InChI is InChI=1S/C29H36N6O4S/c1-18(2)40(37,38)35-23-17-21(11-12-22(23)31-27(35)30)25-24(19-9-7-6-8-10-19)32-26(33-25)20-13-15-34(16-14-20)28(36)39-29(3,4)5/h6-12,17-18,20H,13-16H2,1-5H3,(H2,30,31)(H,32,33). The molecule has 0 atom stereocenters. The lowest BCUT2D eigenvalue weighted by Gasteiger charge is -2.32. The van der Waals surface area contributed by atoms with Crippen LogP contribution in [-0.2, 0) is 14.8 Å². The third-order valence-corrected chi connectivity index (χ3v) is 9.16. The molecule has 0 aliphatic carbocycles. The van der Waals surface area contributed by atoms with Crippen LogP contribution in [0.2, 0.25) is 0 Å². The average Bonchev–Trinajstić information content (AvgIpc) is 3.49. The summed E-state index contributed by atoms with van der Waals surface area (Å²) in [6, 6.07) is 15.4.